The molecule has 2 nitrogen and oxygen atoms in total. The lowest BCUT2D eigenvalue weighted by Crippen LogP contribution is -1.97. The van der Waals surface area contributed by atoms with E-state index in [0.717, 1.165) is 0 Å². The monoisotopic (exact) mass is 276 g/mol. The first kappa shape index (κ1) is 11.8. The Hall–Kier alpha value is -0.670. The average molecular weight is 278 g/mol. The molecule has 1 aromatic carbocycles. The number of hydrogen-bond donors (Lipinski definition) is 1. The van der Waals surface area contributed by atoms with Crippen LogP contribution >= 0.6 is 34.8 Å². The summed E-state index contributed by atoms with van der Waals surface area (Å²) >= 11 is 17.3. The Morgan fingerprint density at radius 3 is 2.31 bits per heavy atom. The predicted molar refractivity (Wildman–Crippen MR) is 64.2 cm³/mol. The molecule has 5 heteroatoms. The molecule has 1 unspecified atom stereocenters. The van der Waals surface area contributed by atoms with Crippen LogP contribution < -0.4 is 0 Å². The number of aliphatic hydroxyl groups is 1. The van der Waals surface area contributed by atoms with Crippen LogP contribution in [0.1, 0.15) is 17.4 Å². The summed E-state index contributed by atoms with van der Waals surface area (Å²) in [6.45, 7) is 0. The van der Waals surface area contributed by atoms with Gasteiger partial charge in [-0.1, -0.05) is 29.3 Å². The molecular formula is C11H7Cl3O2. The van der Waals surface area contributed by atoms with Gasteiger partial charge < -0.3 is 9.52 Å². The molecule has 0 aliphatic carbocycles. The van der Waals surface area contributed by atoms with Crippen molar-refractivity contribution in [2.45, 2.75) is 6.10 Å². The van der Waals surface area contributed by atoms with E-state index in [4.69, 9.17) is 39.2 Å². The van der Waals surface area contributed by atoms with E-state index < -0.39 is 6.10 Å². The van der Waals surface area contributed by atoms with Gasteiger partial charge in [0, 0.05) is 0 Å². The molecule has 1 atom stereocenters. The minimum atomic E-state index is -0.901. The molecule has 0 spiro atoms. The Kier molecular flexibility index (Phi) is 3.45. The van der Waals surface area contributed by atoms with Crippen molar-refractivity contribution in [2.75, 3.05) is 0 Å². The zero-order valence-corrected chi connectivity index (χ0v) is 10.2. The Balaban J connectivity index is 2.33. The highest BCUT2D eigenvalue weighted by Crippen LogP contribution is 2.30. The van der Waals surface area contributed by atoms with Crippen molar-refractivity contribution in [1.82, 2.24) is 0 Å². The highest BCUT2D eigenvalue weighted by atomic mass is 35.5. The second-order valence-electron chi connectivity index (χ2n) is 3.22. The third-order valence-corrected chi connectivity index (χ3v) is 3.07. The highest BCUT2D eigenvalue weighted by molar-refractivity contribution is 6.42. The molecule has 0 radical (unpaired) electrons. The summed E-state index contributed by atoms with van der Waals surface area (Å²) in [5.74, 6) is 0.364. The van der Waals surface area contributed by atoms with Crippen molar-refractivity contribution in [3.8, 4) is 0 Å². The van der Waals surface area contributed by atoms with Crippen LogP contribution in [0.25, 0.3) is 0 Å². The molecule has 1 aromatic heterocycles. The third-order valence-electron chi connectivity index (χ3n) is 2.12. The maximum absolute atomic E-state index is 9.97. The van der Waals surface area contributed by atoms with E-state index in [1.807, 2.05) is 0 Å². The van der Waals surface area contributed by atoms with Crippen LogP contribution in [0, 0.1) is 0 Å². The fourth-order valence-electron chi connectivity index (χ4n) is 1.32. The zero-order valence-electron chi connectivity index (χ0n) is 7.95. The van der Waals surface area contributed by atoms with Gasteiger partial charge in [-0.2, -0.15) is 0 Å². The summed E-state index contributed by atoms with van der Waals surface area (Å²) in [6, 6.07) is 8.06. The van der Waals surface area contributed by atoms with Gasteiger partial charge in [-0.3, -0.25) is 0 Å². The van der Waals surface area contributed by atoms with Gasteiger partial charge in [0.25, 0.3) is 0 Å². The summed E-state index contributed by atoms with van der Waals surface area (Å²) in [7, 11) is 0. The minimum Gasteiger partial charge on any atom is -0.447 e. The Morgan fingerprint density at radius 2 is 1.75 bits per heavy atom. The van der Waals surface area contributed by atoms with Crippen LogP contribution in [-0.2, 0) is 0 Å². The van der Waals surface area contributed by atoms with Crippen molar-refractivity contribution >= 4 is 34.8 Å². The van der Waals surface area contributed by atoms with E-state index in [-0.39, 0.29) is 5.22 Å². The SMILES string of the molecule is OC(c1ccc(Cl)c(Cl)c1)c1ccc(Cl)o1. The quantitative estimate of drug-likeness (QED) is 0.887. The van der Waals surface area contributed by atoms with Gasteiger partial charge in [0.15, 0.2) is 5.22 Å². The number of hydrogen-bond acceptors (Lipinski definition) is 2. The van der Waals surface area contributed by atoms with E-state index in [9.17, 15) is 5.11 Å². The van der Waals surface area contributed by atoms with Crippen LogP contribution in [0.5, 0.6) is 0 Å². The summed E-state index contributed by atoms with van der Waals surface area (Å²) in [4.78, 5) is 0. The molecule has 0 aliphatic rings. The fraction of sp³-hybridized carbons (Fsp3) is 0.0909. The molecule has 0 fully saturated rings. The van der Waals surface area contributed by atoms with Gasteiger partial charge in [-0.15, -0.1) is 0 Å². The smallest absolute Gasteiger partial charge is 0.193 e. The summed E-state index contributed by atoms with van der Waals surface area (Å²) in [6.07, 6.45) is -0.901. The maximum atomic E-state index is 9.97. The number of halogens is 3. The van der Waals surface area contributed by atoms with Crippen LogP contribution in [0.3, 0.4) is 0 Å². The standard InChI is InChI=1S/C11H7Cl3O2/c12-7-2-1-6(5-8(7)13)11(15)9-3-4-10(14)16-9/h1-5,11,15H. The molecule has 1 N–H and O–H groups in total. The lowest BCUT2D eigenvalue weighted by molar-refractivity contribution is 0.189. The first-order valence-corrected chi connectivity index (χ1v) is 5.59. The topological polar surface area (TPSA) is 33.4 Å². The highest BCUT2D eigenvalue weighted by Gasteiger charge is 2.15. The lowest BCUT2D eigenvalue weighted by Gasteiger charge is -2.08. The molecule has 84 valence electrons. The first-order valence-electron chi connectivity index (χ1n) is 4.46. The molecule has 0 amide bonds. The van der Waals surface area contributed by atoms with Gasteiger partial charge in [0.05, 0.1) is 10.0 Å². The molecule has 0 saturated carbocycles. The summed E-state index contributed by atoms with van der Waals surface area (Å²) < 4.78 is 5.11. The Bertz CT molecular complexity index is 508. The van der Waals surface area contributed by atoms with Crippen LogP contribution in [0.2, 0.25) is 15.3 Å². The molecule has 2 rings (SSSR count). The van der Waals surface area contributed by atoms with Gasteiger partial charge in [0.2, 0.25) is 0 Å². The van der Waals surface area contributed by atoms with Gasteiger partial charge in [-0.25, -0.2) is 0 Å². The maximum Gasteiger partial charge on any atom is 0.193 e. The normalized spacial score (nSPS) is 12.8. The number of aliphatic hydroxyl groups excluding tert-OH is 1. The van der Waals surface area contributed by atoms with Gasteiger partial charge >= 0.3 is 0 Å². The second-order valence-corrected chi connectivity index (χ2v) is 4.40. The molecule has 0 saturated heterocycles. The van der Waals surface area contributed by atoms with Crippen molar-refractivity contribution in [1.29, 1.82) is 0 Å². The molecule has 0 bridgehead atoms. The third kappa shape index (κ3) is 2.36. The van der Waals surface area contributed by atoms with Crippen molar-refractivity contribution in [3.05, 3.63) is 56.9 Å². The van der Waals surface area contributed by atoms with Crippen molar-refractivity contribution < 1.29 is 9.52 Å². The average Bonchev–Trinajstić information content (AvgIpc) is 2.68. The second kappa shape index (κ2) is 4.68. The molecular weight excluding hydrogens is 270 g/mol. The van der Waals surface area contributed by atoms with Crippen molar-refractivity contribution in [2.24, 2.45) is 0 Å². The fourth-order valence-corrected chi connectivity index (χ4v) is 1.78. The largest absolute Gasteiger partial charge is 0.447 e. The molecule has 0 aliphatic heterocycles. The zero-order chi connectivity index (χ0) is 11.7. The minimum absolute atomic E-state index is 0.231. The number of furan rings is 1. The van der Waals surface area contributed by atoms with E-state index in [1.54, 1.807) is 30.3 Å². The molecule has 1 heterocycles. The van der Waals surface area contributed by atoms with Crippen LogP contribution in [0.15, 0.2) is 34.7 Å². The van der Waals surface area contributed by atoms with E-state index in [2.05, 4.69) is 0 Å². The Labute approximate surface area is 107 Å². The number of benzene rings is 1. The number of rotatable bonds is 2. The van der Waals surface area contributed by atoms with E-state index >= 15 is 0 Å². The molecule has 16 heavy (non-hydrogen) atoms. The summed E-state index contributed by atoms with van der Waals surface area (Å²) in [5, 5.41) is 11.0. The van der Waals surface area contributed by atoms with Crippen molar-refractivity contribution in [3.63, 3.8) is 0 Å². The van der Waals surface area contributed by atoms with Gasteiger partial charge in [0.1, 0.15) is 11.9 Å². The van der Waals surface area contributed by atoms with Crippen LogP contribution in [-0.4, -0.2) is 5.11 Å². The van der Waals surface area contributed by atoms with E-state index in [1.165, 1.54) is 0 Å². The summed E-state index contributed by atoms with van der Waals surface area (Å²) in [5.41, 5.74) is 0.598. The predicted octanol–water partition coefficient (Wildman–Crippen LogP) is 4.32. The Morgan fingerprint density at radius 1 is 1.00 bits per heavy atom. The van der Waals surface area contributed by atoms with E-state index in [0.29, 0.717) is 21.4 Å². The first-order chi connectivity index (χ1) is 7.58. The lowest BCUT2D eigenvalue weighted by atomic mass is 10.1. The molecule has 2 aromatic rings. The van der Waals surface area contributed by atoms with Crippen LogP contribution in [0.4, 0.5) is 0 Å². The van der Waals surface area contributed by atoms with Gasteiger partial charge in [-0.05, 0) is 41.4 Å².